The number of fused-ring (bicyclic) bond motifs is 3. The van der Waals surface area contributed by atoms with E-state index in [1.165, 1.54) is 23.1 Å². The van der Waals surface area contributed by atoms with Crippen molar-refractivity contribution in [3.05, 3.63) is 70.7 Å². The van der Waals surface area contributed by atoms with Gasteiger partial charge < -0.3 is 20.5 Å². The van der Waals surface area contributed by atoms with Crippen LogP contribution in [0.4, 0.5) is 17.3 Å². The minimum Gasteiger partial charge on any atom is -0.364 e. The third-order valence-electron chi connectivity index (χ3n) is 10.7. The number of nitrogens with one attached hydrogen (secondary N) is 2. The van der Waals surface area contributed by atoms with E-state index < -0.39 is 11.8 Å². The normalized spacial score (nSPS) is 22.1. The van der Waals surface area contributed by atoms with Crippen LogP contribution >= 0.6 is 0 Å². The van der Waals surface area contributed by atoms with Crippen LogP contribution in [0.25, 0.3) is 11.0 Å². The molecule has 2 aromatic heterocycles. The molecule has 4 N–H and O–H groups in total. The lowest BCUT2D eigenvalue weighted by Crippen LogP contribution is -2.41. The lowest BCUT2D eigenvalue weighted by Gasteiger charge is -2.36. The van der Waals surface area contributed by atoms with Gasteiger partial charge >= 0.3 is 0 Å². The van der Waals surface area contributed by atoms with E-state index in [2.05, 4.69) is 48.8 Å². The Bertz CT molecular complexity index is 1870. The second-order valence-corrected chi connectivity index (χ2v) is 13.6. The topological polar surface area (TPSA) is 160 Å². The highest BCUT2D eigenvalue weighted by Crippen LogP contribution is 2.39. The van der Waals surface area contributed by atoms with E-state index in [-0.39, 0.29) is 17.5 Å². The number of primary amides is 1. The summed E-state index contributed by atoms with van der Waals surface area (Å²) in [4.78, 5) is 50.2. The first kappa shape index (κ1) is 30.5. The smallest absolute Gasteiger partial charge is 0.271 e. The largest absolute Gasteiger partial charge is 0.364 e. The maximum absolute atomic E-state index is 12.5. The molecule has 3 amide bonds. The molecule has 3 fully saturated rings. The van der Waals surface area contributed by atoms with Crippen molar-refractivity contribution >= 4 is 46.0 Å². The number of piperidine rings is 3. The van der Waals surface area contributed by atoms with E-state index in [0.717, 1.165) is 87.2 Å². The molecule has 1 aliphatic carbocycles. The SMILES string of the molecule is NC(=O)c1ncc(N2CCCCC2)nc1Nc1ccc(C2CCN([C@H]3Cc4ccc5c(C6CCC(=O)NC6=O)noc5c4C3)CC2)cc1. The first-order valence-electron chi connectivity index (χ1n) is 17.2. The van der Waals surface area contributed by atoms with Gasteiger partial charge in [0.15, 0.2) is 17.1 Å². The number of carbonyl (C=O) groups excluding carboxylic acids is 3. The van der Waals surface area contributed by atoms with E-state index in [4.69, 9.17) is 15.2 Å². The van der Waals surface area contributed by atoms with Crippen LogP contribution in [0.1, 0.15) is 89.7 Å². The van der Waals surface area contributed by atoms with Gasteiger partial charge in [-0.1, -0.05) is 23.4 Å². The average molecular weight is 649 g/mol. The Kier molecular flexibility index (Phi) is 8.03. The molecule has 12 nitrogen and oxygen atoms in total. The molecule has 3 saturated heterocycles. The van der Waals surface area contributed by atoms with Gasteiger partial charge in [0.05, 0.1) is 12.1 Å². The van der Waals surface area contributed by atoms with Gasteiger partial charge in [-0.15, -0.1) is 0 Å². The van der Waals surface area contributed by atoms with Gasteiger partial charge in [-0.2, -0.15) is 0 Å². The standard InChI is InChI=1S/C36H40N8O4/c37-34(46)32-35(40-29(20-38-32)44-14-2-1-3-15-44)39-24-7-4-21(5-8-24)22-12-16-43(17-13-22)25-18-23-6-9-26-31(42-48-33(26)28(23)19-25)27-10-11-30(45)41-36(27)47/h4-9,20,22,25,27H,1-3,10-19H2,(H2,37,46)(H,39,40)(H,41,45,47)/t25-,27?/m0/s1. The van der Waals surface area contributed by atoms with E-state index in [0.29, 0.717) is 36.3 Å². The van der Waals surface area contributed by atoms with Gasteiger partial charge in [-0.3, -0.25) is 24.6 Å². The van der Waals surface area contributed by atoms with Gasteiger partial charge in [-0.05, 0) is 99.7 Å². The van der Waals surface area contributed by atoms with E-state index in [9.17, 15) is 14.4 Å². The van der Waals surface area contributed by atoms with E-state index in [1.54, 1.807) is 6.20 Å². The molecule has 5 heterocycles. The molecular formula is C36H40N8O4. The second kappa shape index (κ2) is 12.6. The summed E-state index contributed by atoms with van der Waals surface area (Å²) in [7, 11) is 0. The quantitative estimate of drug-likeness (QED) is 0.246. The Balaban J connectivity index is 0.900. The molecule has 2 atom stereocenters. The molecule has 1 unspecified atom stereocenters. The van der Waals surface area contributed by atoms with Crippen LogP contribution in [0.5, 0.6) is 0 Å². The summed E-state index contributed by atoms with van der Waals surface area (Å²) in [6, 6.07) is 13.0. The van der Waals surface area contributed by atoms with Crippen LogP contribution in [-0.2, 0) is 22.4 Å². The molecule has 12 heteroatoms. The Hall–Kier alpha value is -4.84. The minimum absolute atomic E-state index is 0.139. The van der Waals surface area contributed by atoms with Crippen molar-refractivity contribution in [3.63, 3.8) is 0 Å². The molecule has 0 bridgehead atoms. The zero-order chi connectivity index (χ0) is 32.8. The molecule has 3 aliphatic heterocycles. The third kappa shape index (κ3) is 5.78. The number of amides is 3. The lowest BCUT2D eigenvalue weighted by atomic mass is 9.88. The number of anilines is 3. The fourth-order valence-corrected chi connectivity index (χ4v) is 8.06. The van der Waals surface area contributed by atoms with Gasteiger partial charge in [-0.25, -0.2) is 9.97 Å². The predicted octanol–water partition coefficient (Wildman–Crippen LogP) is 4.32. The predicted molar refractivity (Wildman–Crippen MR) is 180 cm³/mol. The van der Waals surface area contributed by atoms with Crippen molar-refractivity contribution in [1.82, 2.24) is 25.3 Å². The Labute approximate surface area is 278 Å². The molecule has 248 valence electrons. The number of hydrogen-bond donors (Lipinski definition) is 3. The Morgan fingerprint density at radius 2 is 1.75 bits per heavy atom. The average Bonchev–Trinajstić information content (AvgIpc) is 3.74. The monoisotopic (exact) mass is 648 g/mol. The van der Waals surface area contributed by atoms with E-state index >= 15 is 0 Å². The zero-order valence-corrected chi connectivity index (χ0v) is 26.9. The number of carbonyl (C=O) groups is 3. The molecule has 2 aromatic carbocycles. The highest BCUT2D eigenvalue weighted by atomic mass is 16.5. The molecule has 4 aliphatic rings. The van der Waals surface area contributed by atoms with Gasteiger partial charge in [0.25, 0.3) is 5.91 Å². The summed E-state index contributed by atoms with van der Waals surface area (Å²) >= 11 is 0. The second-order valence-electron chi connectivity index (χ2n) is 13.6. The Morgan fingerprint density at radius 3 is 2.50 bits per heavy atom. The van der Waals surface area contributed by atoms with Crippen LogP contribution in [0, 0.1) is 0 Å². The number of nitrogens with zero attached hydrogens (tertiary/aromatic N) is 5. The third-order valence-corrected chi connectivity index (χ3v) is 10.7. The van der Waals surface area contributed by atoms with Crippen molar-refractivity contribution in [2.24, 2.45) is 5.73 Å². The number of nitrogens with two attached hydrogens (primary N) is 1. The number of likely N-dealkylation sites (tertiary alicyclic amines) is 1. The van der Waals surface area contributed by atoms with Crippen molar-refractivity contribution in [1.29, 1.82) is 0 Å². The number of imide groups is 1. The van der Waals surface area contributed by atoms with Crippen molar-refractivity contribution in [2.45, 2.75) is 75.7 Å². The molecule has 8 rings (SSSR count). The molecule has 0 radical (unpaired) electrons. The summed E-state index contributed by atoms with van der Waals surface area (Å²) in [6.45, 7) is 3.91. The van der Waals surface area contributed by atoms with E-state index in [1.807, 2.05) is 18.2 Å². The van der Waals surface area contributed by atoms with Crippen molar-refractivity contribution in [2.75, 3.05) is 36.4 Å². The summed E-state index contributed by atoms with van der Waals surface area (Å²) in [5.41, 5.74) is 11.8. The minimum atomic E-state index is -0.605. The molecule has 4 aromatic rings. The van der Waals surface area contributed by atoms with Crippen LogP contribution < -0.4 is 21.3 Å². The fraction of sp³-hybridized carbons (Fsp3) is 0.444. The maximum Gasteiger partial charge on any atom is 0.271 e. The van der Waals surface area contributed by atoms with Gasteiger partial charge in [0.1, 0.15) is 11.5 Å². The first-order valence-corrected chi connectivity index (χ1v) is 17.2. The maximum atomic E-state index is 12.5. The first-order chi connectivity index (χ1) is 23.4. The fourth-order valence-electron chi connectivity index (χ4n) is 8.06. The number of aromatic nitrogens is 3. The molecule has 0 saturated carbocycles. The summed E-state index contributed by atoms with van der Waals surface area (Å²) < 4.78 is 5.86. The van der Waals surface area contributed by atoms with Crippen molar-refractivity contribution < 1.29 is 18.9 Å². The molecule has 48 heavy (non-hydrogen) atoms. The molecular weight excluding hydrogens is 608 g/mol. The Morgan fingerprint density at radius 1 is 0.958 bits per heavy atom. The van der Waals surface area contributed by atoms with Crippen LogP contribution in [0.15, 0.2) is 47.1 Å². The van der Waals surface area contributed by atoms with Gasteiger partial charge in [0, 0.05) is 42.2 Å². The lowest BCUT2D eigenvalue weighted by molar-refractivity contribution is -0.134. The van der Waals surface area contributed by atoms with Crippen molar-refractivity contribution in [3.8, 4) is 0 Å². The highest BCUT2D eigenvalue weighted by molar-refractivity contribution is 6.02. The summed E-state index contributed by atoms with van der Waals surface area (Å²) in [6.07, 6.45) is 9.90. The zero-order valence-electron chi connectivity index (χ0n) is 26.9. The number of benzene rings is 2. The van der Waals surface area contributed by atoms with Crippen LogP contribution in [0.2, 0.25) is 0 Å². The van der Waals surface area contributed by atoms with Gasteiger partial charge in [0.2, 0.25) is 11.8 Å². The van der Waals surface area contributed by atoms with Crippen LogP contribution in [0.3, 0.4) is 0 Å². The van der Waals surface area contributed by atoms with Crippen LogP contribution in [-0.4, -0.2) is 70.0 Å². The number of hydrogen-bond acceptors (Lipinski definition) is 10. The molecule has 0 spiro atoms. The number of rotatable bonds is 7. The summed E-state index contributed by atoms with van der Waals surface area (Å²) in [5, 5.41) is 10.9. The summed E-state index contributed by atoms with van der Waals surface area (Å²) in [5.74, 6) is 0.0339. The highest BCUT2D eigenvalue weighted by Gasteiger charge is 2.36.